The van der Waals surface area contributed by atoms with E-state index in [-0.39, 0.29) is 19.1 Å². The van der Waals surface area contributed by atoms with E-state index in [1.165, 1.54) is 16.9 Å². The predicted octanol–water partition coefficient (Wildman–Crippen LogP) is 2.74. The van der Waals surface area contributed by atoms with Gasteiger partial charge in [-0.1, -0.05) is 29.8 Å². The molecule has 0 saturated heterocycles. The number of rotatable bonds is 6. The molecule has 0 spiro atoms. The van der Waals surface area contributed by atoms with Crippen LogP contribution < -0.4 is 0 Å². The van der Waals surface area contributed by atoms with Crippen molar-refractivity contribution in [3.05, 3.63) is 65.3 Å². The van der Waals surface area contributed by atoms with Crippen LogP contribution in [0.2, 0.25) is 0 Å². The fraction of sp³-hybridized carbons (Fsp3) is 0.250. The summed E-state index contributed by atoms with van der Waals surface area (Å²) < 4.78 is 3.69. The van der Waals surface area contributed by atoms with Gasteiger partial charge in [0.2, 0.25) is 0 Å². The maximum atomic E-state index is 13.2. The molecule has 0 radical (unpaired) electrons. The molecular formula is C20H21N5O2S. The maximum Gasteiger partial charge on any atom is 0.272 e. The van der Waals surface area contributed by atoms with Crippen LogP contribution in [0.4, 0.5) is 0 Å². The smallest absolute Gasteiger partial charge is 0.272 e. The Hall–Kier alpha value is -2.97. The molecule has 1 aromatic carbocycles. The summed E-state index contributed by atoms with van der Waals surface area (Å²) in [5.74, 6) is 0.607. The van der Waals surface area contributed by atoms with Crippen LogP contribution in [0.3, 0.4) is 0 Å². The first-order valence-electron chi connectivity index (χ1n) is 8.97. The third-order valence-corrected chi connectivity index (χ3v) is 5.53. The predicted molar refractivity (Wildman–Crippen MR) is 108 cm³/mol. The molecule has 0 bridgehead atoms. The zero-order valence-corrected chi connectivity index (χ0v) is 16.6. The Balaban J connectivity index is 1.65. The minimum atomic E-state index is -0.156. The molecule has 7 nitrogen and oxygen atoms in total. The highest BCUT2D eigenvalue weighted by molar-refractivity contribution is 7.15. The quantitative estimate of drug-likeness (QED) is 0.545. The highest BCUT2D eigenvalue weighted by Gasteiger charge is 2.22. The van der Waals surface area contributed by atoms with E-state index in [0.717, 1.165) is 22.0 Å². The molecule has 144 valence electrons. The van der Waals surface area contributed by atoms with Crippen molar-refractivity contribution in [2.75, 3.05) is 13.2 Å². The standard InChI is InChI=1S/C20H21N5O2S/c1-14-3-5-15(6-4-14)16-11-25-17(13-28-20(25)22-16)19(27)24(9-10-26)12-18-21-7-8-23(18)2/h3-8,11,13,26H,9-10,12H2,1-2H3. The van der Waals surface area contributed by atoms with E-state index in [2.05, 4.69) is 9.97 Å². The summed E-state index contributed by atoms with van der Waals surface area (Å²) in [5.41, 5.74) is 3.57. The van der Waals surface area contributed by atoms with E-state index >= 15 is 0 Å². The number of aliphatic hydroxyl groups excluding tert-OH is 1. The third kappa shape index (κ3) is 3.44. The monoisotopic (exact) mass is 395 g/mol. The zero-order valence-electron chi connectivity index (χ0n) is 15.7. The Morgan fingerprint density at radius 3 is 2.75 bits per heavy atom. The SMILES string of the molecule is Cc1ccc(-c2cn3c(C(=O)N(CCO)Cc4nccn4C)csc3n2)cc1. The Bertz CT molecular complexity index is 1110. The van der Waals surface area contributed by atoms with Gasteiger partial charge in [-0.05, 0) is 6.92 Å². The minimum Gasteiger partial charge on any atom is -0.395 e. The molecule has 1 amide bonds. The summed E-state index contributed by atoms with van der Waals surface area (Å²) in [6.45, 7) is 2.51. The highest BCUT2D eigenvalue weighted by Crippen LogP contribution is 2.25. The average Bonchev–Trinajstić information content (AvgIpc) is 3.37. The van der Waals surface area contributed by atoms with E-state index < -0.39 is 0 Å². The Kier molecular flexibility index (Phi) is 4.97. The molecule has 0 fully saturated rings. The number of amides is 1. The van der Waals surface area contributed by atoms with E-state index in [1.54, 1.807) is 11.1 Å². The van der Waals surface area contributed by atoms with Crippen molar-refractivity contribution in [3.8, 4) is 11.3 Å². The summed E-state index contributed by atoms with van der Waals surface area (Å²) in [6.07, 6.45) is 5.43. The van der Waals surface area contributed by atoms with Crippen molar-refractivity contribution in [2.45, 2.75) is 13.5 Å². The molecule has 4 aromatic rings. The lowest BCUT2D eigenvalue weighted by Gasteiger charge is -2.21. The van der Waals surface area contributed by atoms with Crippen LogP contribution in [-0.2, 0) is 13.6 Å². The van der Waals surface area contributed by atoms with E-state index in [9.17, 15) is 9.90 Å². The topological polar surface area (TPSA) is 75.7 Å². The molecule has 3 heterocycles. The molecule has 0 atom stereocenters. The van der Waals surface area contributed by atoms with E-state index in [1.807, 2.05) is 65.0 Å². The van der Waals surface area contributed by atoms with Gasteiger partial charge in [-0.25, -0.2) is 9.97 Å². The molecule has 0 aliphatic heterocycles. The number of aliphatic hydroxyl groups is 1. The summed E-state index contributed by atoms with van der Waals surface area (Å²) in [7, 11) is 1.89. The normalized spacial score (nSPS) is 11.2. The first-order valence-corrected chi connectivity index (χ1v) is 9.84. The molecule has 28 heavy (non-hydrogen) atoms. The van der Waals surface area contributed by atoms with Gasteiger partial charge in [0, 0.05) is 43.1 Å². The average molecular weight is 395 g/mol. The first-order chi connectivity index (χ1) is 13.6. The fourth-order valence-electron chi connectivity index (χ4n) is 3.06. The Morgan fingerprint density at radius 1 is 1.29 bits per heavy atom. The lowest BCUT2D eigenvalue weighted by atomic mass is 10.1. The van der Waals surface area contributed by atoms with Gasteiger partial charge in [-0.2, -0.15) is 0 Å². The number of carbonyl (C=O) groups is 1. The molecular weight excluding hydrogens is 374 g/mol. The molecule has 0 aliphatic carbocycles. The number of imidazole rings is 2. The number of fused-ring (bicyclic) bond motifs is 1. The number of hydrogen-bond acceptors (Lipinski definition) is 5. The van der Waals surface area contributed by atoms with Crippen molar-refractivity contribution in [1.82, 2.24) is 23.8 Å². The summed E-state index contributed by atoms with van der Waals surface area (Å²) >= 11 is 1.43. The molecule has 0 aliphatic rings. The lowest BCUT2D eigenvalue weighted by molar-refractivity contribution is 0.0695. The van der Waals surface area contributed by atoms with E-state index in [0.29, 0.717) is 12.2 Å². The van der Waals surface area contributed by atoms with Crippen LogP contribution in [0.25, 0.3) is 16.2 Å². The third-order valence-electron chi connectivity index (χ3n) is 4.69. The maximum absolute atomic E-state index is 13.2. The molecule has 1 N–H and O–H groups in total. The molecule has 3 aromatic heterocycles. The minimum absolute atomic E-state index is 0.109. The number of nitrogens with zero attached hydrogens (tertiary/aromatic N) is 5. The number of hydrogen-bond donors (Lipinski definition) is 1. The van der Waals surface area contributed by atoms with Crippen LogP contribution in [0, 0.1) is 6.92 Å². The summed E-state index contributed by atoms with van der Waals surface area (Å²) in [4.78, 5) is 24.5. The molecule has 8 heteroatoms. The van der Waals surface area contributed by atoms with Gasteiger partial charge < -0.3 is 14.6 Å². The summed E-state index contributed by atoms with van der Waals surface area (Å²) in [6, 6.07) is 8.15. The number of carbonyl (C=O) groups excluding carboxylic acids is 1. The Labute approximate surface area is 166 Å². The van der Waals surface area contributed by atoms with Crippen molar-refractivity contribution < 1.29 is 9.90 Å². The van der Waals surface area contributed by atoms with Gasteiger partial charge in [0.1, 0.15) is 11.5 Å². The van der Waals surface area contributed by atoms with Crippen LogP contribution in [0.15, 0.2) is 48.2 Å². The highest BCUT2D eigenvalue weighted by atomic mass is 32.1. The van der Waals surface area contributed by atoms with Crippen LogP contribution in [0.1, 0.15) is 21.9 Å². The van der Waals surface area contributed by atoms with Crippen molar-refractivity contribution >= 4 is 22.2 Å². The summed E-state index contributed by atoms with van der Waals surface area (Å²) in [5, 5.41) is 11.2. The van der Waals surface area contributed by atoms with Gasteiger partial charge in [-0.15, -0.1) is 11.3 Å². The van der Waals surface area contributed by atoms with Crippen LogP contribution >= 0.6 is 11.3 Å². The number of benzene rings is 1. The second kappa shape index (κ2) is 7.57. The fourth-order valence-corrected chi connectivity index (χ4v) is 3.90. The molecule has 0 unspecified atom stereocenters. The van der Waals surface area contributed by atoms with Gasteiger partial charge in [0.25, 0.3) is 5.91 Å². The van der Waals surface area contributed by atoms with Gasteiger partial charge in [0.15, 0.2) is 4.96 Å². The van der Waals surface area contributed by atoms with Gasteiger partial charge in [-0.3, -0.25) is 9.20 Å². The van der Waals surface area contributed by atoms with Crippen molar-refractivity contribution in [3.63, 3.8) is 0 Å². The second-order valence-electron chi connectivity index (χ2n) is 6.67. The van der Waals surface area contributed by atoms with Gasteiger partial charge >= 0.3 is 0 Å². The van der Waals surface area contributed by atoms with Crippen molar-refractivity contribution in [2.24, 2.45) is 7.05 Å². The van der Waals surface area contributed by atoms with E-state index in [4.69, 9.17) is 0 Å². The molecule has 0 saturated carbocycles. The van der Waals surface area contributed by atoms with Crippen molar-refractivity contribution in [1.29, 1.82) is 0 Å². The zero-order chi connectivity index (χ0) is 19.7. The number of aryl methyl sites for hydroxylation is 2. The molecule has 4 rings (SSSR count). The van der Waals surface area contributed by atoms with Crippen LogP contribution in [0.5, 0.6) is 0 Å². The lowest BCUT2D eigenvalue weighted by Crippen LogP contribution is -2.34. The second-order valence-corrected chi connectivity index (χ2v) is 7.51. The largest absolute Gasteiger partial charge is 0.395 e. The van der Waals surface area contributed by atoms with Gasteiger partial charge in [0.05, 0.1) is 18.8 Å². The first kappa shape index (κ1) is 18.4. The number of thiazole rings is 1. The van der Waals surface area contributed by atoms with Crippen LogP contribution in [-0.4, -0.2) is 48.0 Å². The number of aromatic nitrogens is 4. The Morgan fingerprint density at radius 2 is 2.07 bits per heavy atom.